The van der Waals surface area contributed by atoms with E-state index in [1.165, 1.54) is 32.9 Å². The van der Waals surface area contributed by atoms with Crippen LogP contribution in [0.5, 0.6) is 0 Å². The molecule has 62 heavy (non-hydrogen) atoms. The Bertz CT molecular complexity index is 2070. The molecule has 5 aromatic rings. The third kappa shape index (κ3) is 19.8. The summed E-state index contributed by atoms with van der Waals surface area (Å²) in [7, 11) is 0. The zero-order valence-electron chi connectivity index (χ0n) is 36.1. The van der Waals surface area contributed by atoms with E-state index in [0.29, 0.717) is 19.5 Å². The largest absolute Gasteiger partial charge is 0.372 e. The zero-order chi connectivity index (χ0) is 45.9. The summed E-state index contributed by atoms with van der Waals surface area (Å²) in [5.41, 5.74) is 15.6. The first-order valence-electron chi connectivity index (χ1n) is 20.2. The second-order valence-electron chi connectivity index (χ2n) is 14.5. The minimum absolute atomic E-state index is 0.117. The Kier molecular flexibility index (Phi) is 23.5. The van der Waals surface area contributed by atoms with E-state index in [2.05, 4.69) is 102 Å². The van der Waals surface area contributed by atoms with Crippen LogP contribution in [0, 0.1) is 26.7 Å². The molecular formula is C43H62N12O7. The molecule has 1 unspecified atom stereocenters. The summed E-state index contributed by atoms with van der Waals surface area (Å²) in [6, 6.07) is 15.8. The number of likely N-dealkylation sites (tertiary alicyclic amines) is 1. The number of hydrogen-bond donors (Lipinski definition) is 10. The van der Waals surface area contributed by atoms with Gasteiger partial charge in [0.1, 0.15) is 6.04 Å². The van der Waals surface area contributed by atoms with Crippen LogP contribution < -0.4 is 38.1 Å². The van der Waals surface area contributed by atoms with E-state index in [9.17, 15) is 28.8 Å². The Morgan fingerprint density at radius 3 is 1.60 bits per heavy atom. The lowest BCUT2D eigenvalue weighted by Gasteiger charge is -2.19. The van der Waals surface area contributed by atoms with E-state index in [-0.39, 0.29) is 37.9 Å². The van der Waals surface area contributed by atoms with E-state index in [1.54, 1.807) is 17.4 Å². The summed E-state index contributed by atoms with van der Waals surface area (Å²) in [5, 5.41) is 14.6. The number of primary amides is 1. The molecule has 1 aliphatic rings. The summed E-state index contributed by atoms with van der Waals surface area (Å²) < 4.78 is 0. The summed E-state index contributed by atoms with van der Waals surface area (Å²) in [6.07, 6.45) is 10.0. The summed E-state index contributed by atoms with van der Waals surface area (Å²) in [6.45, 7) is 9.81. The average Bonchev–Trinajstić information content (AvgIpc) is 4.11. The van der Waals surface area contributed by atoms with Crippen LogP contribution in [0.1, 0.15) is 49.9 Å². The number of fused-ring (bicyclic) bond motifs is 2. The standard InChI is InChI=1S/C20H35N7O6.2C9H9N.C4H6N2.CH3NO/c1-13(2)7-14(26-15(28)8-21)20(33)25-11-18(31)23-9-16(29)22-10-17(30)24-12-19(32)27-5-3-4-6-27;2*1-7-6-10-9-5-3-2-4-8(7)9;1-4-2-5-3-6-4;2-1-3/h13-14H,3-12,21H2,1-2H3,(H,22,29)(H,23,31)(H,24,30)(H,25,33)(H,26,28);2*2-6,10H,1H3;2-3H,1H3,(H,5,6);1H,(H2,2,3). The highest BCUT2D eigenvalue weighted by Crippen LogP contribution is 2.16. The van der Waals surface area contributed by atoms with Crippen LogP contribution in [-0.2, 0) is 33.6 Å². The molecule has 19 heteroatoms. The van der Waals surface area contributed by atoms with E-state index < -0.39 is 48.7 Å². The highest BCUT2D eigenvalue weighted by atomic mass is 16.2. The molecule has 2 aromatic carbocycles. The number of rotatable bonds is 13. The second-order valence-corrected chi connectivity index (χ2v) is 14.5. The monoisotopic (exact) mass is 858 g/mol. The van der Waals surface area contributed by atoms with Gasteiger partial charge in [-0.3, -0.25) is 33.6 Å². The maximum Gasteiger partial charge on any atom is 0.243 e. The van der Waals surface area contributed by atoms with Gasteiger partial charge in [-0.2, -0.15) is 0 Å². The Morgan fingerprint density at radius 1 is 0.726 bits per heavy atom. The van der Waals surface area contributed by atoms with Gasteiger partial charge >= 0.3 is 0 Å². The maximum absolute atomic E-state index is 12.2. The first-order valence-corrected chi connectivity index (χ1v) is 20.2. The lowest BCUT2D eigenvalue weighted by molar-refractivity contribution is -0.132. The number of carbonyl (C=O) groups is 7. The van der Waals surface area contributed by atoms with E-state index in [1.807, 2.05) is 45.3 Å². The maximum atomic E-state index is 12.2. The van der Waals surface area contributed by atoms with Crippen molar-refractivity contribution >= 4 is 63.7 Å². The zero-order valence-corrected chi connectivity index (χ0v) is 36.1. The molecule has 0 bridgehead atoms. The molecule has 19 nitrogen and oxygen atoms in total. The van der Waals surface area contributed by atoms with Crippen molar-refractivity contribution in [2.45, 2.75) is 59.9 Å². The van der Waals surface area contributed by atoms with Crippen LogP contribution in [0.25, 0.3) is 21.8 Å². The number of benzene rings is 2. The summed E-state index contributed by atoms with van der Waals surface area (Å²) in [4.78, 5) is 94.3. The fraction of sp³-hybridized carbons (Fsp3) is 0.395. The van der Waals surface area contributed by atoms with Crippen LogP contribution in [0.3, 0.4) is 0 Å². The van der Waals surface area contributed by atoms with Crippen molar-refractivity contribution < 1.29 is 33.6 Å². The molecule has 7 amide bonds. The third-order valence-electron chi connectivity index (χ3n) is 8.98. The van der Waals surface area contributed by atoms with Gasteiger partial charge in [-0.1, -0.05) is 50.2 Å². The van der Waals surface area contributed by atoms with Gasteiger partial charge in [0, 0.05) is 59.2 Å². The van der Waals surface area contributed by atoms with Crippen molar-refractivity contribution in [3.8, 4) is 0 Å². The first kappa shape index (κ1) is 51.1. The van der Waals surface area contributed by atoms with E-state index in [4.69, 9.17) is 10.5 Å². The number of nitrogens with one attached hydrogen (secondary N) is 8. The average molecular weight is 859 g/mol. The molecule has 0 saturated carbocycles. The molecule has 336 valence electrons. The van der Waals surface area contributed by atoms with Crippen molar-refractivity contribution in [1.82, 2.24) is 51.4 Å². The van der Waals surface area contributed by atoms with Crippen LogP contribution >= 0.6 is 0 Å². The number of hydrogen-bond acceptors (Lipinski definition) is 9. The lowest BCUT2D eigenvalue weighted by atomic mass is 10.0. The van der Waals surface area contributed by atoms with Crippen molar-refractivity contribution in [3.05, 3.63) is 90.3 Å². The molecule has 0 spiro atoms. The van der Waals surface area contributed by atoms with Gasteiger partial charge < -0.3 is 57.9 Å². The highest BCUT2D eigenvalue weighted by molar-refractivity contribution is 5.93. The predicted molar refractivity (Wildman–Crippen MR) is 238 cm³/mol. The SMILES string of the molecule is CC(C)CC(NC(=O)CN)C(=O)NCC(=O)NCC(=O)NCC(=O)NCC(=O)N1CCCC1.Cc1c[nH]c2ccccc12.Cc1c[nH]c2ccccc12.Cc1cnc[nH]1.NC=O. The van der Waals surface area contributed by atoms with Gasteiger partial charge in [-0.25, -0.2) is 4.98 Å². The lowest BCUT2D eigenvalue weighted by Crippen LogP contribution is -2.51. The summed E-state index contributed by atoms with van der Waals surface area (Å²) >= 11 is 0. The normalized spacial score (nSPS) is 11.8. The quantitative estimate of drug-likeness (QED) is 0.0764. The molecule has 0 radical (unpaired) electrons. The molecule has 1 aliphatic heterocycles. The van der Waals surface area contributed by atoms with E-state index >= 15 is 0 Å². The molecule has 1 fully saturated rings. The van der Waals surface area contributed by atoms with Gasteiger partial charge in [0.2, 0.25) is 41.9 Å². The minimum atomic E-state index is -0.826. The molecular weight excluding hydrogens is 797 g/mol. The van der Waals surface area contributed by atoms with Crippen LogP contribution in [-0.4, -0.2) is 119 Å². The predicted octanol–water partition coefficient (Wildman–Crippen LogP) is 1.34. The molecule has 4 heterocycles. The number of amides is 7. The number of imidazole rings is 1. The minimum Gasteiger partial charge on any atom is -0.372 e. The Labute approximate surface area is 361 Å². The Hall–Kier alpha value is -7.02. The molecule has 1 atom stereocenters. The number of carbonyl (C=O) groups excluding carboxylic acids is 7. The second kappa shape index (κ2) is 28.4. The van der Waals surface area contributed by atoms with Gasteiger partial charge in [-0.15, -0.1) is 0 Å². The Balaban J connectivity index is 0.000000357. The van der Waals surface area contributed by atoms with Crippen molar-refractivity contribution in [1.29, 1.82) is 0 Å². The fourth-order valence-corrected chi connectivity index (χ4v) is 5.80. The number of aryl methyl sites for hydroxylation is 3. The van der Waals surface area contributed by atoms with Gasteiger partial charge in [0.15, 0.2) is 0 Å². The molecule has 1 saturated heterocycles. The summed E-state index contributed by atoms with van der Waals surface area (Å²) in [5.74, 6) is -2.82. The molecule has 6 rings (SSSR count). The van der Waals surface area contributed by atoms with Crippen molar-refractivity contribution in [3.63, 3.8) is 0 Å². The number of nitrogens with zero attached hydrogens (tertiary/aromatic N) is 2. The number of aromatic amines is 3. The van der Waals surface area contributed by atoms with Crippen LogP contribution in [0.15, 0.2) is 73.4 Å². The van der Waals surface area contributed by atoms with Crippen LogP contribution in [0.2, 0.25) is 0 Å². The van der Waals surface area contributed by atoms with Crippen molar-refractivity contribution in [2.75, 3.05) is 45.8 Å². The third-order valence-corrected chi connectivity index (χ3v) is 8.98. The topological polar surface area (TPSA) is 295 Å². The smallest absolute Gasteiger partial charge is 0.243 e. The van der Waals surface area contributed by atoms with Gasteiger partial charge in [-0.05, 0) is 69.2 Å². The number of nitrogens with two attached hydrogens (primary N) is 2. The fourth-order valence-electron chi connectivity index (χ4n) is 5.80. The number of aromatic nitrogens is 4. The van der Waals surface area contributed by atoms with Crippen LogP contribution in [0.4, 0.5) is 0 Å². The highest BCUT2D eigenvalue weighted by Gasteiger charge is 2.22. The molecule has 3 aromatic heterocycles. The number of H-pyrrole nitrogens is 3. The van der Waals surface area contributed by atoms with Gasteiger partial charge in [0.05, 0.1) is 39.1 Å². The molecule has 12 N–H and O–H groups in total. The van der Waals surface area contributed by atoms with Gasteiger partial charge in [0.25, 0.3) is 0 Å². The molecule has 0 aliphatic carbocycles. The first-order chi connectivity index (χ1) is 29.7. The number of para-hydroxylation sites is 2. The van der Waals surface area contributed by atoms with Crippen molar-refractivity contribution in [2.24, 2.45) is 17.4 Å². The Morgan fingerprint density at radius 2 is 1.19 bits per heavy atom. The van der Waals surface area contributed by atoms with E-state index in [0.717, 1.165) is 18.5 Å².